The Hall–Kier alpha value is -2.42. The van der Waals surface area contributed by atoms with E-state index >= 15 is 0 Å². The molecule has 0 radical (unpaired) electrons. The molecule has 0 aliphatic carbocycles. The monoisotopic (exact) mass is 267 g/mol. The molecule has 0 spiro atoms. The molecular weight excluding hydrogens is 253 g/mol. The highest BCUT2D eigenvalue weighted by Crippen LogP contribution is 2.34. The molecule has 1 N–H and O–H groups in total. The van der Waals surface area contributed by atoms with Crippen LogP contribution in [0.4, 0.5) is 4.39 Å². The smallest absolute Gasteiger partial charge is 0.134 e. The van der Waals surface area contributed by atoms with Crippen molar-refractivity contribution < 1.29 is 9.18 Å². The van der Waals surface area contributed by atoms with Crippen LogP contribution in [-0.2, 0) is 10.2 Å². The molecule has 0 unspecified atom stereocenters. The third kappa shape index (κ3) is 1.83. The first-order valence-corrected chi connectivity index (χ1v) is 6.44. The van der Waals surface area contributed by atoms with Crippen molar-refractivity contribution in [3.05, 3.63) is 71.7 Å². The second kappa shape index (κ2) is 4.60. The Labute approximate surface area is 116 Å². The lowest BCUT2D eigenvalue weighted by molar-refractivity contribution is -0.110. The van der Waals surface area contributed by atoms with E-state index in [4.69, 9.17) is 0 Å². The fourth-order valence-corrected chi connectivity index (χ4v) is 2.58. The predicted molar refractivity (Wildman–Crippen MR) is 77.2 cm³/mol. The van der Waals surface area contributed by atoms with Crippen molar-refractivity contribution in [1.29, 1.82) is 0 Å². The molecule has 3 aromatic rings. The van der Waals surface area contributed by atoms with Crippen LogP contribution in [0.15, 0.2) is 54.7 Å². The molecule has 0 saturated heterocycles. The number of rotatable bonds is 3. The van der Waals surface area contributed by atoms with E-state index in [1.807, 2.05) is 37.4 Å². The second-order valence-electron chi connectivity index (χ2n) is 5.08. The van der Waals surface area contributed by atoms with Crippen molar-refractivity contribution in [1.82, 2.24) is 4.98 Å². The Kier molecular flexibility index (Phi) is 2.90. The highest BCUT2D eigenvalue weighted by Gasteiger charge is 2.31. The maximum absolute atomic E-state index is 13.1. The number of nitrogens with one attached hydrogen (secondary N) is 1. The van der Waals surface area contributed by atoms with Crippen molar-refractivity contribution in [2.24, 2.45) is 0 Å². The van der Waals surface area contributed by atoms with Gasteiger partial charge in [-0.1, -0.05) is 30.3 Å². The molecule has 3 heteroatoms. The van der Waals surface area contributed by atoms with Gasteiger partial charge in [-0.2, -0.15) is 0 Å². The Morgan fingerprint density at radius 3 is 2.50 bits per heavy atom. The SMILES string of the molecule is C[C@@](C=O)(c1ccc(F)cc1)c1c[nH]c2ccccc12. The molecule has 20 heavy (non-hydrogen) atoms. The first-order valence-electron chi connectivity index (χ1n) is 6.44. The van der Waals surface area contributed by atoms with Gasteiger partial charge in [0.05, 0.1) is 5.41 Å². The van der Waals surface area contributed by atoms with E-state index in [0.29, 0.717) is 0 Å². The van der Waals surface area contributed by atoms with E-state index in [-0.39, 0.29) is 5.82 Å². The van der Waals surface area contributed by atoms with Crippen LogP contribution < -0.4 is 0 Å². The minimum atomic E-state index is -0.798. The van der Waals surface area contributed by atoms with Crippen LogP contribution in [0.3, 0.4) is 0 Å². The molecule has 1 heterocycles. The standard InChI is InChI=1S/C17H14FNO/c1-17(11-20,12-6-8-13(18)9-7-12)15-10-19-16-5-3-2-4-14(15)16/h2-11,19H,1H3/t17-/m1/s1. The van der Waals surface area contributed by atoms with Crippen LogP contribution in [0.5, 0.6) is 0 Å². The first kappa shape index (κ1) is 12.6. The largest absolute Gasteiger partial charge is 0.361 e. The fourth-order valence-electron chi connectivity index (χ4n) is 2.58. The molecule has 1 atom stereocenters. The van der Waals surface area contributed by atoms with E-state index in [0.717, 1.165) is 28.3 Å². The average molecular weight is 267 g/mol. The number of halogens is 1. The molecule has 0 aliphatic heterocycles. The summed E-state index contributed by atoms with van der Waals surface area (Å²) in [6.07, 6.45) is 2.76. The van der Waals surface area contributed by atoms with E-state index in [1.165, 1.54) is 12.1 Å². The lowest BCUT2D eigenvalue weighted by Crippen LogP contribution is -2.25. The van der Waals surface area contributed by atoms with Crippen LogP contribution in [0, 0.1) is 5.82 Å². The number of hydrogen-bond acceptors (Lipinski definition) is 1. The Balaban J connectivity index is 2.22. The molecule has 0 fully saturated rings. The molecule has 0 amide bonds. The van der Waals surface area contributed by atoms with E-state index in [2.05, 4.69) is 4.98 Å². The Bertz CT molecular complexity index is 760. The van der Waals surface area contributed by atoms with Crippen LogP contribution in [0.2, 0.25) is 0 Å². The summed E-state index contributed by atoms with van der Waals surface area (Å²) in [5.74, 6) is -0.305. The van der Waals surface area contributed by atoms with Gasteiger partial charge in [-0.05, 0) is 36.2 Å². The van der Waals surface area contributed by atoms with Crippen molar-refractivity contribution in [2.45, 2.75) is 12.3 Å². The lowest BCUT2D eigenvalue weighted by atomic mass is 9.77. The molecular formula is C17H14FNO. The van der Waals surface area contributed by atoms with Crippen LogP contribution >= 0.6 is 0 Å². The summed E-state index contributed by atoms with van der Waals surface area (Å²) in [6, 6.07) is 13.9. The third-order valence-corrected chi connectivity index (χ3v) is 3.83. The molecule has 2 aromatic carbocycles. The number of carbonyl (C=O) groups is 1. The third-order valence-electron chi connectivity index (χ3n) is 3.83. The summed E-state index contributed by atoms with van der Waals surface area (Å²) in [5, 5.41) is 1.01. The summed E-state index contributed by atoms with van der Waals surface area (Å²) in [7, 11) is 0. The molecule has 100 valence electrons. The van der Waals surface area contributed by atoms with Crippen LogP contribution in [0.1, 0.15) is 18.1 Å². The molecule has 0 saturated carbocycles. The number of H-pyrrole nitrogens is 1. The van der Waals surface area contributed by atoms with E-state index in [9.17, 15) is 9.18 Å². The van der Waals surface area contributed by atoms with Crippen molar-refractivity contribution in [3.8, 4) is 0 Å². The highest BCUT2D eigenvalue weighted by molar-refractivity contribution is 5.90. The Morgan fingerprint density at radius 2 is 1.80 bits per heavy atom. The number of fused-ring (bicyclic) bond motifs is 1. The van der Waals surface area contributed by atoms with Crippen molar-refractivity contribution in [3.63, 3.8) is 0 Å². The zero-order valence-electron chi connectivity index (χ0n) is 11.1. The van der Waals surface area contributed by atoms with Gasteiger partial charge in [0.1, 0.15) is 12.1 Å². The maximum atomic E-state index is 13.1. The highest BCUT2D eigenvalue weighted by atomic mass is 19.1. The summed E-state index contributed by atoms with van der Waals surface area (Å²) in [5.41, 5.74) is 1.86. The first-order chi connectivity index (χ1) is 9.65. The van der Waals surface area contributed by atoms with E-state index in [1.54, 1.807) is 12.1 Å². The number of benzene rings is 2. The van der Waals surface area contributed by atoms with Gasteiger partial charge < -0.3 is 9.78 Å². The number of carbonyl (C=O) groups excluding carboxylic acids is 1. The topological polar surface area (TPSA) is 32.9 Å². The number of para-hydroxylation sites is 1. The average Bonchev–Trinajstić information content (AvgIpc) is 2.91. The summed E-state index contributed by atoms with van der Waals surface area (Å²) in [4.78, 5) is 14.9. The number of aromatic nitrogens is 1. The van der Waals surface area contributed by atoms with Crippen molar-refractivity contribution in [2.75, 3.05) is 0 Å². The van der Waals surface area contributed by atoms with E-state index < -0.39 is 5.41 Å². The van der Waals surface area contributed by atoms with Gasteiger partial charge in [-0.25, -0.2) is 4.39 Å². The predicted octanol–water partition coefficient (Wildman–Crippen LogP) is 3.81. The van der Waals surface area contributed by atoms with Gasteiger partial charge >= 0.3 is 0 Å². The van der Waals surface area contributed by atoms with Gasteiger partial charge in [0.25, 0.3) is 0 Å². The summed E-state index contributed by atoms with van der Waals surface area (Å²) >= 11 is 0. The van der Waals surface area contributed by atoms with Gasteiger partial charge in [-0.15, -0.1) is 0 Å². The van der Waals surface area contributed by atoms with Crippen LogP contribution in [-0.4, -0.2) is 11.3 Å². The minimum absolute atomic E-state index is 0.305. The molecule has 3 rings (SSSR count). The zero-order chi connectivity index (χ0) is 14.2. The maximum Gasteiger partial charge on any atom is 0.134 e. The van der Waals surface area contributed by atoms with Crippen molar-refractivity contribution >= 4 is 17.2 Å². The minimum Gasteiger partial charge on any atom is -0.361 e. The zero-order valence-corrected chi connectivity index (χ0v) is 11.1. The van der Waals surface area contributed by atoms with Crippen LogP contribution in [0.25, 0.3) is 10.9 Å². The summed E-state index contributed by atoms with van der Waals surface area (Å²) in [6.45, 7) is 1.85. The normalized spacial score (nSPS) is 14.1. The number of hydrogen-bond donors (Lipinski definition) is 1. The Morgan fingerprint density at radius 1 is 1.10 bits per heavy atom. The number of aldehydes is 1. The molecule has 0 bridgehead atoms. The number of aromatic amines is 1. The van der Waals surface area contributed by atoms with Gasteiger partial charge in [0, 0.05) is 17.1 Å². The van der Waals surface area contributed by atoms with Gasteiger partial charge in [-0.3, -0.25) is 0 Å². The summed E-state index contributed by atoms with van der Waals surface area (Å²) < 4.78 is 13.1. The quantitative estimate of drug-likeness (QED) is 0.719. The molecule has 2 nitrogen and oxygen atoms in total. The molecule has 1 aromatic heterocycles. The second-order valence-corrected chi connectivity index (χ2v) is 5.08. The van der Waals surface area contributed by atoms with Gasteiger partial charge in [0.2, 0.25) is 0 Å². The molecule has 0 aliphatic rings. The van der Waals surface area contributed by atoms with Gasteiger partial charge in [0.15, 0.2) is 0 Å². The lowest BCUT2D eigenvalue weighted by Gasteiger charge is -2.23. The fraction of sp³-hybridized carbons (Fsp3) is 0.118.